The van der Waals surface area contributed by atoms with Crippen LogP contribution in [-0.4, -0.2) is 95.4 Å². The second kappa shape index (κ2) is 34.7. The van der Waals surface area contributed by atoms with Crippen molar-refractivity contribution in [3.63, 3.8) is 0 Å². The van der Waals surface area contributed by atoms with Crippen molar-refractivity contribution < 1.29 is 51.8 Å². The summed E-state index contributed by atoms with van der Waals surface area (Å²) < 4.78 is 47.6. The molecule has 56 heavy (non-hydrogen) atoms. The van der Waals surface area contributed by atoms with E-state index in [0.717, 1.165) is 64.2 Å². The van der Waals surface area contributed by atoms with Gasteiger partial charge in [-0.15, -0.1) is 0 Å². The molecule has 13 heteroatoms. The highest BCUT2D eigenvalue weighted by atomic mass is 32.3. The number of hydrogen-bond acceptors (Lipinski definition) is 10. The van der Waals surface area contributed by atoms with Gasteiger partial charge in [0.05, 0.1) is 25.4 Å². The van der Waals surface area contributed by atoms with Crippen LogP contribution in [0.25, 0.3) is 0 Å². The monoisotopic (exact) mass is 822 g/mol. The lowest BCUT2D eigenvalue weighted by molar-refractivity contribution is -0.298. The summed E-state index contributed by atoms with van der Waals surface area (Å²) in [6.45, 7) is 3.43. The van der Waals surface area contributed by atoms with Gasteiger partial charge in [0.1, 0.15) is 24.4 Å². The maximum absolute atomic E-state index is 13.0. The van der Waals surface area contributed by atoms with Crippen LogP contribution in [0.15, 0.2) is 12.2 Å². The Kier molecular flexibility index (Phi) is 32.7. The largest absolute Gasteiger partial charge is 0.397 e. The molecule has 1 heterocycles. The molecule has 1 saturated heterocycles. The van der Waals surface area contributed by atoms with Crippen molar-refractivity contribution in [2.24, 2.45) is 0 Å². The Hall–Kier alpha value is -1.16. The Morgan fingerprint density at radius 1 is 0.696 bits per heavy atom. The van der Waals surface area contributed by atoms with E-state index in [2.05, 4.69) is 35.5 Å². The van der Waals surface area contributed by atoms with E-state index in [4.69, 9.17) is 14.0 Å². The van der Waals surface area contributed by atoms with Crippen molar-refractivity contribution >= 4 is 16.3 Å². The summed E-state index contributed by atoms with van der Waals surface area (Å²) in [7, 11) is -5.07. The Labute approximate surface area is 340 Å². The average Bonchev–Trinajstić information content (AvgIpc) is 3.16. The van der Waals surface area contributed by atoms with E-state index < -0.39 is 59.9 Å². The van der Waals surface area contributed by atoms with Crippen LogP contribution >= 0.6 is 0 Å². The first-order chi connectivity index (χ1) is 27.0. The van der Waals surface area contributed by atoms with Crippen molar-refractivity contribution in [3.05, 3.63) is 12.2 Å². The van der Waals surface area contributed by atoms with Crippen LogP contribution in [0.2, 0.25) is 0 Å². The summed E-state index contributed by atoms with van der Waals surface area (Å²) in [6.07, 6.45) is 27.8. The fourth-order valence-corrected chi connectivity index (χ4v) is 7.79. The molecule has 0 aromatic rings. The summed E-state index contributed by atoms with van der Waals surface area (Å²) >= 11 is 0. The van der Waals surface area contributed by atoms with Crippen LogP contribution in [0.4, 0.5) is 0 Å². The first-order valence-corrected chi connectivity index (χ1v) is 23.9. The number of carbonyl (C=O) groups is 1. The molecule has 1 aliphatic heterocycles. The van der Waals surface area contributed by atoms with Gasteiger partial charge in [-0.3, -0.25) is 9.35 Å². The van der Waals surface area contributed by atoms with Crippen LogP contribution in [0, 0.1) is 0 Å². The minimum Gasteiger partial charge on any atom is -0.394 e. The molecule has 6 N–H and O–H groups in total. The maximum Gasteiger partial charge on any atom is 0.397 e. The van der Waals surface area contributed by atoms with Gasteiger partial charge in [0.2, 0.25) is 5.91 Å². The van der Waals surface area contributed by atoms with Crippen LogP contribution in [0.1, 0.15) is 200 Å². The molecule has 1 rings (SSSR count). The van der Waals surface area contributed by atoms with Gasteiger partial charge in [0, 0.05) is 6.42 Å². The van der Waals surface area contributed by atoms with Gasteiger partial charge in [0.25, 0.3) is 0 Å². The lowest BCUT2D eigenvalue weighted by Crippen LogP contribution is -2.61. The van der Waals surface area contributed by atoms with E-state index in [-0.39, 0.29) is 18.9 Å². The molecule has 0 aliphatic carbocycles. The lowest BCUT2D eigenvalue weighted by Gasteiger charge is -2.41. The maximum atomic E-state index is 13.0. The van der Waals surface area contributed by atoms with Gasteiger partial charge in [-0.05, 0) is 38.5 Å². The number of rotatable bonds is 38. The summed E-state index contributed by atoms with van der Waals surface area (Å²) in [4.78, 5) is 13.0. The number of aliphatic hydroxyl groups is 4. The molecule has 0 saturated carbocycles. The predicted molar refractivity (Wildman–Crippen MR) is 222 cm³/mol. The Bertz CT molecular complexity index is 1060. The van der Waals surface area contributed by atoms with Crippen molar-refractivity contribution in [1.82, 2.24) is 5.32 Å². The third-order valence-electron chi connectivity index (χ3n) is 10.8. The van der Waals surface area contributed by atoms with Gasteiger partial charge in [0.15, 0.2) is 6.29 Å². The first-order valence-electron chi connectivity index (χ1n) is 22.6. The second-order valence-corrected chi connectivity index (χ2v) is 17.0. The number of nitrogens with one attached hydrogen (secondary N) is 1. The highest BCUT2D eigenvalue weighted by Crippen LogP contribution is 2.26. The third kappa shape index (κ3) is 27.5. The molecule has 0 aromatic carbocycles. The second-order valence-electron chi connectivity index (χ2n) is 16.0. The smallest absolute Gasteiger partial charge is 0.394 e. The van der Waals surface area contributed by atoms with E-state index in [1.165, 1.54) is 103 Å². The lowest BCUT2D eigenvalue weighted by atomic mass is 9.99. The zero-order valence-corrected chi connectivity index (χ0v) is 36.0. The summed E-state index contributed by atoms with van der Waals surface area (Å²) in [6, 6.07) is -0.858. The van der Waals surface area contributed by atoms with Crippen LogP contribution < -0.4 is 5.32 Å². The number of amides is 1. The fourth-order valence-electron chi connectivity index (χ4n) is 7.28. The number of carbonyl (C=O) groups excluding carboxylic acids is 1. The molecule has 1 amide bonds. The minimum absolute atomic E-state index is 0.238. The Morgan fingerprint density at radius 3 is 1.61 bits per heavy atom. The predicted octanol–water partition coefficient (Wildman–Crippen LogP) is 8.38. The van der Waals surface area contributed by atoms with E-state index in [1.807, 2.05) is 0 Å². The van der Waals surface area contributed by atoms with E-state index in [9.17, 15) is 33.6 Å². The number of allylic oxidation sites excluding steroid dienone is 2. The highest BCUT2D eigenvalue weighted by molar-refractivity contribution is 7.80. The number of unbranched alkanes of at least 4 members (excludes halogenated alkanes) is 24. The normalized spacial score (nSPS) is 21.4. The molecule has 7 unspecified atom stereocenters. The summed E-state index contributed by atoms with van der Waals surface area (Å²) in [5.41, 5.74) is 0. The van der Waals surface area contributed by atoms with E-state index >= 15 is 0 Å². The fraction of sp³-hybridized carbons (Fsp3) is 0.930. The van der Waals surface area contributed by atoms with Gasteiger partial charge < -0.3 is 35.2 Å². The summed E-state index contributed by atoms with van der Waals surface area (Å²) in [5.74, 6) is -0.238. The summed E-state index contributed by atoms with van der Waals surface area (Å²) in [5, 5.41) is 44.8. The van der Waals surface area contributed by atoms with Crippen LogP contribution in [-0.2, 0) is 28.9 Å². The van der Waals surface area contributed by atoms with Gasteiger partial charge in [-0.25, -0.2) is 4.18 Å². The minimum atomic E-state index is -5.07. The molecule has 0 radical (unpaired) electrons. The van der Waals surface area contributed by atoms with Crippen molar-refractivity contribution in [2.75, 3.05) is 13.2 Å². The molecule has 0 bridgehead atoms. The highest BCUT2D eigenvalue weighted by Gasteiger charge is 2.48. The molecule has 0 spiro atoms. The molecule has 12 nitrogen and oxygen atoms in total. The standard InChI is InChI=1S/C43H83NO11S/c1-3-5-7-9-11-13-15-17-18-19-21-23-25-27-29-31-33-39(47)44-36(37(46)32-30-28-26-24-22-20-16-14-12-10-8-6-4-2)35-53-43-41(49)42(55-56(50,51)52)40(48)38(34-45)54-43/h18-19,36-38,40-43,45-46,48-49H,3-17,20-35H2,1-2H3,(H,44,47)(H,50,51,52)/b19-18-. The van der Waals surface area contributed by atoms with Crippen LogP contribution in [0.5, 0.6) is 0 Å². The van der Waals surface area contributed by atoms with Crippen molar-refractivity contribution in [1.29, 1.82) is 0 Å². The average molecular weight is 822 g/mol. The van der Waals surface area contributed by atoms with Gasteiger partial charge >= 0.3 is 10.4 Å². The molecule has 1 aliphatic rings. The number of hydrogen-bond donors (Lipinski definition) is 6. The molecule has 7 atom stereocenters. The zero-order chi connectivity index (χ0) is 41.3. The third-order valence-corrected chi connectivity index (χ3v) is 11.3. The molecule has 1 fully saturated rings. The Morgan fingerprint density at radius 2 is 1.14 bits per heavy atom. The van der Waals surface area contributed by atoms with Crippen molar-refractivity contribution in [2.45, 2.75) is 243 Å². The quantitative estimate of drug-likeness (QED) is 0.0199. The van der Waals surface area contributed by atoms with E-state index in [0.29, 0.717) is 12.8 Å². The van der Waals surface area contributed by atoms with Crippen molar-refractivity contribution in [3.8, 4) is 0 Å². The first kappa shape index (κ1) is 52.9. The topological polar surface area (TPSA) is 192 Å². The Balaban J connectivity index is 2.52. The molecular formula is C43H83NO11S. The van der Waals surface area contributed by atoms with Crippen LogP contribution in [0.3, 0.4) is 0 Å². The zero-order valence-electron chi connectivity index (χ0n) is 35.2. The van der Waals surface area contributed by atoms with E-state index in [1.54, 1.807) is 0 Å². The van der Waals surface area contributed by atoms with Gasteiger partial charge in [-0.1, -0.05) is 167 Å². The molecule has 332 valence electrons. The molecule has 0 aromatic heterocycles. The number of aliphatic hydroxyl groups excluding tert-OH is 4. The van der Waals surface area contributed by atoms with Gasteiger partial charge in [-0.2, -0.15) is 8.42 Å². The SMILES string of the molecule is CCCCCCCCC/C=C\CCCCCCCC(=O)NC(COC1OC(CO)C(O)C(OS(=O)(=O)O)C1O)C(O)CCCCCCCCCCCCCCC. The molecular weight excluding hydrogens is 739 g/mol. The number of ether oxygens (including phenoxy) is 2.